The van der Waals surface area contributed by atoms with Crippen molar-refractivity contribution in [2.24, 2.45) is 0 Å². The molecule has 510 valence electrons. The molecule has 9 nitrogen and oxygen atoms in total. The largest absolute Gasteiger partial charge is 0.756 e. The number of rotatable bonds is 70. The van der Waals surface area contributed by atoms with Crippen LogP contribution in [-0.2, 0) is 32.7 Å². The van der Waals surface area contributed by atoms with E-state index in [1.165, 1.54) is 270 Å². The number of phosphoric ester groups is 1. The molecule has 0 aliphatic rings. The molecular formula is C77H144NO8P. The molecule has 2 atom stereocenters. The van der Waals surface area contributed by atoms with E-state index in [9.17, 15) is 19.0 Å². The van der Waals surface area contributed by atoms with Crippen LogP contribution in [0.5, 0.6) is 0 Å². The van der Waals surface area contributed by atoms with Crippen molar-refractivity contribution in [1.82, 2.24) is 0 Å². The number of phosphoric acid groups is 1. The van der Waals surface area contributed by atoms with Crippen molar-refractivity contribution in [2.75, 3.05) is 47.5 Å². The molecule has 10 heteroatoms. The lowest BCUT2D eigenvalue weighted by atomic mass is 10.0. The predicted molar refractivity (Wildman–Crippen MR) is 374 cm³/mol. The number of esters is 2. The van der Waals surface area contributed by atoms with Gasteiger partial charge in [0.25, 0.3) is 7.82 Å². The van der Waals surface area contributed by atoms with E-state index in [4.69, 9.17) is 18.5 Å². The lowest BCUT2D eigenvalue weighted by molar-refractivity contribution is -0.870. The zero-order chi connectivity index (χ0) is 63.4. The van der Waals surface area contributed by atoms with Crippen molar-refractivity contribution in [1.29, 1.82) is 0 Å². The third-order valence-corrected chi connectivity index (χ3v) is 17.8. The van der Waals surface area contributed by atoms with Gasteiger partial charge in [-0.05, 0) is 57.8 Å². The molecule has 2 unspecified atom stereocenters. The maximum Gasteiger partial charge on any atom is 0.306 e. The highest BCUT2D eigenvalue weighted by Crippen LogP contribution is 2.38. The number of unbranched alkanes of at least 4 members (excludes halogenated alkanes) is 46. The fraction of sp³-hybridized carbons (Fsp3) is 0.844. The van der Waals surface area contributed by atoms with E-state index >= 15 is 0 Å². The standard InChI is InChI=1S/C77H144NO8P/c1-6-8-10-12-14-16-18-20-22-24-26-28-30-32-34-36-37-38-39-40-41-42-44-46-48-50-52-54-56-58-60-62-64-66-68-70-77(80)86-75(74-85-87(81,82)84-72-71-78(3,4)5)73-83-76(79)69-67-65-63-61-59-57-55-53-51-49-47-45-43-35-33-31-29-27-25-23-21-19-17-15-13-11-9-7-2/h8,10,14,16,20,22,26,28,32,34,75H,6-7,9,11-13,15,17-19,21,23-25,27,29-31,33,35-74H2,1-5H3/b10-8-,16-14-,22-20-,28-26-,34-32-. The minimum absolute atomic E-state index is 0.0286. The Balaban J connectivity index is 3.96. The van der Waals surface area contributed by atoms with Gasteiger partial charge >= 0.3 is 11.9 Å². The van der Waals surface area contributed by atoms with Crippen molar-refractivity contribution in [2.45, 2.75) is 373 Å². The molecule has 0 aliphatic carbocycles. The molecule has 0 radical (unpaired) electrons. The first-order chi connectivity index (χ1) is 42.5. The number of carbonyl (C=O) groups is 2. The minimum atomic E-state index is -4.64. The van der Waals surface area contributed by atoms with Crippen LogP contribution in [0.2, 0.25) is 0 Å². The Morgan fingerprint density at radius 2 is 0.655 bits per heavy atom. The quantitative estimate of drug-likeness (QED) is 0.0195. The average molecular weight is 1240 g/mol. The second-order valence-corrected chi connectivity index (χ2v) is 28.1. The summed E-state index contributed by atoms with van der Waals surface area (Å²) in [6.07, 6.45) is 90.4. The first kappa shape index (κ1) is 84.7. The van der Waals surface area contributed by atoms with Crippen LogP contribution < -0.4 is 4.89 Å². The molecule has 0 saturated heterocycles. The lowest BCUT2D eigenvalue weighted by Gasteiger charge is -2.28. The molecule has 0 bridgehead atoms. The topological polar surface area (TPSA) is 111 Å². The first-order valence-corrected chi connectivity index (χ1v) is 39.0. The molecule has 0 aromatic carbocycles. The van der Waals surface area contributed by atoms with E-state index in [1.54, 1.807) is 0 Å². The Labute approximate surface area is 540 Å². The molecule has 0 amide bonds. The van der Waals surface area contributed by atoms with Gasteiger partial charge in [0.2, 0.25) is 0 Å². The molecule has 0 spiro atoms. The summed E-state index contributed by atoms with van der Waals surface area (Å²) in [5.74, 6) is -0.811. The maximum atomic E-state index is 12.9. The normalized spacial score (nSPS) is 13.4. The van der Waals surface area contributed by atoms with Crippen molar-refractivity contribution < 1.29 is 42.1 Å². The second-order valence-electron chi connectivity index (χ2n) is 26.6. The highest BCUT2D eigenvalue weighted by molar-refractivity contribution is 7.45. The SMILES string of the molecule is CC/C=C\C/C=C\C/C=C\C/C=C\C/C=C\CCCCCCCCCCCCCCCCCCCCCC(=O)OC(COC(=O)CCCCCCCCCCCCCCCCCCCCCCCCCCCCCC)COP(=O)([O-])OCC[N+](C)(C)C. The van der Waals surface area contributed by atoms with Crippen molar-refractivity contribution in [3.8, 4) is 0 Å². The summed E-state index contributed by atoms with van der Waals surface area (Å²) in [6.45, 7) is 4.20. The summed E-state index contributed by atoms with van der Waals surface area (Å²) in [6, 6.07) is 0. The predicted octanol–water partition coefficient (Wildman–Crippen LogP) is 23.9. The van der Waals surface area contributed by atoms with Gasteiger partial charge in [-0.25, -0.2) is 0 Å². The molecule has 0 rings (SSSR count). The van der Waals surface area contributed by atoms with E-state index < -0.39 is 26.5 Å². The summed E-state index contributed by atoms with van der Waals surface area (Å²) in [7, 11) is 1.19. The van der Waals surface area contributed by atoms with Crippen LogP contribution in [0.4, 0.5) is 0 Å². The molecular weight excluding hydrogens is 1100 g/mol. The highest BCUT2D eigenvalue weighted by atomic mass is 31.2. The van der Waals surface area contributed by atoms with Crippen LogP contribution in [0.3, 0.4) is 0 Å². The molecule has 0 fully saturated rings. The van der Waals surface area contributed by atoms with Crippen molar-refractivity contribution >= 4 is 19.8 Å². The molecule has 0 aromatic heterocycles. The van der Waals surface area contributed by atoms with E-state index in [1.807, 2.05) is 21.1 Å². The number of quaternary nitrogens is 1. The van der Waals surface area contributed by atoms with Crippen molar-refractivity contribution in [3.05, 3.63) is 60.8 Å². The molecule has 0 saturated carbocycles. The smallest absolute Gasteiger partial charge is 0.306 e. The Hall–Kier alpha value is -2.29. The Kier molecular flexibility index (Phi) is 66.3. The number of nitrogens with zero attached hydrogens (tertiary/aromatic N) is 1. The van der Waals surface area contributed by atoms with Gasteiger partial charge in [0.15, 0.2) is 6.10 Å². The van der Waals surface area contributed by atoms with Gasteiger partial charge in [0, 0.05) is 12.8 Å². The van der Waals surface area contributed by atoms with E-state index in [0.717, 1.165) is 64.2 Å². The van der Waals surface area contributed by atoms with Gasteiger partial charge in [0.05, 0.1) is 27.7 Å². The van der Waals surface area contributed by atoms with Gasteiger partial charge in [-0.2, -0.15) is 0 Å². The van der Waals surface area contributed by atoms with Gasteiger partial charge in [-0.1, -0.05) is 357 Å². The summed E-state index contributed by atoms with van der Waals surface area (Å²) in [5, 5.41) is 0. The first-order valence-electron chi connectivity index (χ1n) is 37.5. The lowest BCUT2D eigenvalue weighted by Crippen LogP contribution is -2.37. The van der Waals surface area contributed by atoms with E-state index in [2.05, 4.69) is 74.6 Å². The molecule has 87 heavy (non-hydrogen) atoms. The molecule has 0 aliphatic heterocycles. The maximum absolute atomic E-state index is 12.9. The van der Waals surface area contributed by atoms with Gasteiger partial charge in [0.1, 0.15) is 19.8 Å². The fourth-order valence-electron chi connectivity index (χ4n) is 11.1. The third kappa shape index (κ3) is 72.6. The van der Waals surface area contributed by atoms with Crippen LogP contribution in [0.15, 0.2) is 60.8 Å². The minimum Gasteiger partial charge on any atom is -0.756 e. The zero-order valence-electron chi connectivity index (χ0n) is 58.2. The Morgan fingerprint density at radius 1 is 0.368 bits per heavy atom. The number of hydrogen-bond acceptors (Lipinski definition) is 8. The third-order valence-electron chi connectivity index (χ3n) is 16.8. The molecule has 0 N–H and O–H groups in total. The molecule has 0 heterocycles. The summed E-state index contributed by atoms with van der Waals surface area (Å²) in [4.78, 5) is 38.1. The highest BCUT2D eigenvalue weighted by Gasteiger charge is 2.22. The second kappa shape index (κ2) is 68.1. The van der Waals surface area contributed by atoms with Crippen molar-refractivity contribution in [3.63, 3.8) is 0 Å². The van der Waals surface area contributed by atoms with Crippen LogP contribution in [-0.4, -0.2) is 70.0 Å². The fourth-order valence-corrected chi connectivity index (χ4v) is 11.8. The number of ether oxygens (including phenoxy) is 2. The summed E-state index contributed by atoms with van der Waals surface area (Å²) < 4.78 is 34.4. The monoisotopic (exact) mass is 1240 g/mol. The van der Waals surface area contributed by atoms with Crippen LogP contribution in [0.25, 0.3) is 0 Å². The van der Waals surface area contributed by atoms with Gasteiger partial charge in [-0.15, -0.1) is 0 Å². The van der Waals surface area contributed by atoms with E-state index in [-0.39, 0.29) is 32.0 Å². The average Bonchev–Trinajstić information content (AvgIpc) is 3.67. The van der Waals surface area contributed by atoms with E-state index in [0.29, 0.717) is 17.4 Å². The number of hydrogen-bond donors (Lipinski definition) is 0. The van der Waals surface area contributed by atoms with Gasteiger partial charge < -0.3 is 27.9 Å². The van der Waals surface area contributed by atoms with Crippen LogP contribution >= 0.6 is 7.82 Å². The summed E-state index contributed by atoms with van der Waals surface area (Å²) >= 11 is 0. The van der Waals surface area contributed by atoms with Crippen LogP contribution in [0, 0.1) is 0 Å². The number of likely N-dealkylation sites (N-methyl/N-ethyl adjacent to an activating group) is 1. The van der Waals surface area contributed by atoms with Crippen LogP contribution in [0.1, 0.15) is 367 Å². The molecule has 0 aromatic rings. The Morgan fingerprint density at radius 3 is 0.977 bits per heavy atom. The number of allylic oxidation sites excluding steroid dienone is 10. The zero-order valence-corrected chi connectivity index (χ0v) is 59.1. The Bertz CT molecular complexity index is 1650. The summed E-state index contributed by atoms with van der Waals surface area (Å²) in [5.41, 5.74) is 0. The number of carbonyl (C=O) groups excluding carboxylic acids is 2. The van der Waals surface area contributed by atoms with Gasteiger partial charge in [-0.3, -0.25) is 14.2 Å².